The third kappa shape index (κ3) is 4.43. The molecule has 0 aliphatic heterocycles. The number of nitrogens with zero attached hydrogens (tertiary/aromatic N) is 2. The van der Waals surface area contributed by atoms with Crippen LogP contribution in [-0.4, -0.2) is 4.68 Å². The van der Waals surface area contributed by atoms with Gasteiger partial charge in [0.2, 0.25) is 0 Å². The van der Waals surface area contributed by atoms with Crippen molar-refractivity contribution >= 4 is 5.69 Å². The highest BCUT2D eigenvalue weighted by Gasteiger charge is 2.37. The van der Waals surface area contributed by atoms with Crippen molar-refractivity contribution in [3.63, 3.8) is 0 Å². The van der Waals surface area contributed by atoms with Crippen LogP contribution in [0.5, 0.6) is 0 Å². The minimum absolute atomic E-state index is 0.0500. The van der Waals surface area contributed by atoms with E-state index in [-0.39, 0.29) is 16.5 Å². The Labute approximate surface area is 173 Å². The van der Waals surface area contributed by atoms with E-state index in [4.69, 9.17) is 6.57 Å². The zero-order chi connectivity index (χ0) is 22.3. The highest BCUT2D eigenvalue weighted by molar-refractivity contribution is 5.66. The number of pyridine rings is 1. The number of hydrogen-bond donors (Lipinski definition) is 1. The van der Waals surface area contributed by atoms with Crippen LogP contribution in [0.1, 0.15) is 46.1 Å². The molecule has 0 fully saturated rings. The molecule has 30 heavy (non-hydrogen) atoms. The number of halogens is 3. The van der Waals surface area contributed by atoms with Gasteiger partial charge in [-0.15, -0.1) is 0 Å². The second kappa shape index (κ2) is 7.35. The number of rotatable bonds is 3. The summed E-state index contributed by atoms with van der Waals surface area (Å²) in [7, 11) is 0. The fourth-order valence-electron chi connectivity index (χ4n) is 4.46. The van der Waals surface area contributed by atoms with E-state index in [2.05, 4.69) is 38.0 Å². The standard InChI is InChI=1S/C23H24F3N3O/c1-21(2)12-16(13-22(3,4)14-21)28-29-18(15-9-7-6-8-10-15)11-17(23(24,25)26)19(27-5)20(29)30/h6-12,28H,13-14H2,1-4H3. The van der Waals surface area contributed by atoms with Gasteiger partial charge in [0.05, 0.1) is 17.8 Å². The predicted octanol–water partition coefficient (Wildman–Crippen LogP) is 6.36. The van der Waals surface area contributed by atoms with Crippen LogP contribution in [0.2, 0.25) is 0 Å². The minimum Gasteiger partial charge on any atom is -0.297 e. The normalized spacial score (nSPS) is 17.7. The Hall–Kier alpha value is -3.01. The summed E-state index contributed by atoms with van der Waals surface area (Å²) in [5.74, 6) is 0. The molecule has 0 bridgehead atoms. The Morgan fingerprint density at radius 2 is 1.77 bits per heavy atom. The highest BCUT2D eigenvalue weighted by atomic mass is 19.4. The third-order valence-corrected chi connectivity index (χ3v) is 5.09. The molecule has 158 valence electrons. The lowest BCUT2D eigenvalue weighted by molar-refractivity contribution is -0.136. The van der Waals surface area contributed by atoms with Crippen LogP contribution in [0.4, 0.5) is 18.9 Å². The molecule has 0 atom stereocenters. The van der Waals surface area contributed by atoms with Crippen LogP contribution in [0, 0.1) is 17.4 Å². The quantitative estimate of drug-likeness (QED) is 0.593. The van der Waals surface area contributed by atoms with E-state index >= 15 is 0 Å². The summed E-state index contributed by atoms with van der Waals surface area (Å²) in [5, 5.41) is 0. The molecule has 1 heterocycles. The van der Waals surface area contributed by atoms with E-state index in [1.165, 1.54) is 0 Å². The van der Waals surface area contributed by atoms with Crippen LogP contribution in [-0.2, 0) is 6.18 Å². The van der Waals surface area contributed by atoms with Gasteiger partial charge in [0.1, 0.15) is 0 Å². The van der Waals surface area contributed by atoms with Gasteiger partial charge in [-0.1, -0.05) is 64.1 Å². The first-order chi connectivity index (χ1) is 13.8. The molecule has 0 radical (unpaired) electrons. The lowest BCUT2D eigenvalue weighted by Gasteiger charge is -2.39. The van der Waals surface area contributed by atoms with Gasteiger partial charge in [0.25, 0.3) is 11.2 Å². The zero-order valence-corrected chi connectivity index (χ0v) is 17.4. The fourth-order valence-corrected chi connectivity index (χ4v) is 4.46. The van der Waals surface area contributed by atoms with Crippen LogP contribution in [0.15, 0.2) is 53.0 Å². The number of aromatic nitrogens is 1. The number of allylic oxidation sites excluding steroid dienone is 2. The molecule has 1 aliphatic carbocycles. The predicted molar refractivity (Wildman–Crippen MR) is 112 cm³/mol. The number of benzene rings is 1. The molecule has 3 rings (SSSR count). The maximum atomic E-state index is 13.6. The Bertz CT molecular complexity index is 1090. The first kappa shape index (κ1) is 21.7. The Morgan fingerprint density at radius 1 is 1.13 bits per heavy atom. The van der Waals surface area contributed by atoms with Gasteiger partial charge in [-0.25, -0.2) is 9.52 Å². The van der Waals surface area contributed by atoms with E-state index < -0.39 is 23.0 Å². The molecule has 1 aliphatic rings. The molecule has 4 nitrogen and oxygen atoms in total. The van der Waals surface area contributed by atoms with Crippen molar-refractivity contribution in [1.29, 1.82) is 0 Å². The van der Waals surface area contributed by atoms with Crippen LogP contribution in [0.3, 0.4) is 0 Å². The van der Waals surface area contributed by atoms with Crippen LogP contribution in [0.25, 0.3) is 16.1 Å². The summed E-state index contributed by atoms with van der Waals surface area (Å²) < 4.78 is 41.8. The van der Waals surface area contributed by atoms with E-state index in [1.54, 1.807) is 30.3 Å². The maximum absolute atomic E-state index is 13.6. The average Bonchev–Trinajstić information content (AvgIpc) is 2.60. The van der Waals surface area contributed by atoms with Crippen molar-refractivity contribution in [3.05, 3.63) is 75.5 Å². The molecular weight excluding hydrogens is 391 g/mol. The second-order valence-corrected chi connectivity index (χ2v) is 9.20. The summed E-state index contributed by atoms with van der Waals surface area (Å²) in [4.78, 5) is 15.9. The number of alkyl halides is 3. The van der Waals surface area contributed by atoms with E-state index in [1.807, 2.05) is 6.08 Å². The molecule has 2 aromatic rings. The first-order valence-electron chi connectivity index (χ1n) is 9.62. The van der Waals surface area contributed by atoms with Gasteiger partial charge < -0.3 is 0 Å². The van der Waals surface area contributed by atoms with Crippen LogP contribution < -0.4 is 11.0 Å². The van der Waals surface area contributed by atoms with Crippen molar-refractivity contribution in [2.24, 2.45) is 10.8 Å². The average molecular weight is 415 g/mol. The van der Waals surface area contributed by atoms with E-state index in [0.29, 0.717) is 12.0 Å². The monoisotopic (exact) mass is 415 g/mol. The molecule has 0 amide bonds. The summed E-state index contributed by atoms with van der Waals surface area (Å²) in [6.45, 7) is 15.6. The number of nitrogens with one attached hydrogen (secondary N) is 1. The van der Waals surface area contributed by atoms with Gasteiger partial charge in [-0.3, -0.25) is 10.2 Å². The summed E-state index contributed by atoms with van der Waals surface area (Å²) in [6.07, 6.45) is -1.23. The van der Waals surface area contributed by atoms with Gasteiger partial charge in [-0.05, 0) is 29.7 Å². The Morgan fingerprint density at radius 3 is 2.30 bits per heavy atom. The Kier molecular flexibility index (Phi) is 5.32. The van der Waals surface area contributed by atoms with Gasteiger partial charge in [-0.2, -0.15) is 13.2 Å². The zero-order valence-electron chi connectivity index (χ0n) is 17.4. The van der Waals surface area contributed by atoms with E-state index in [0.717, 1.165) is 22.9 Å². The van der Waals surface area contributed by atoms with E-state index in [9.17, 15) is 18.0 Å². The van der Waals surface area contributed by atoms with Gasteiger partial charge >= 0.3 is 6.18 Å². The van der Waals surface area contributed by atoms with Gasteiger partial charge in [0, 0.05) is 11.3 Å². The fraction of sp³-hybridized carbons (Fsp3) is 0.391. The topological polar surface area (TPSA) is 38.4 Å². The smallest absolute Gasteiger partial charge is 0.297 e. The number of hydrogen-bond acceptors (Lipinski definition) is 2. The van der Waals surface area contributed by atoms with Crippen LogP contribution >= 0.6 is 0 Å². The highest BCUT2D eigenvalue weighted by Crippen LogP contribution is 2.44. The maximum Gasteiger partial charge on any atom is 0.407 e. The molecule has 0 saturated heterocycles. The molecule has 1 aromatic carbocycles. The van der Waals surface area contributed by atoms with Crippen molar-refractivity contribution < 1.29 is 13.2 Å². The van der Waals surface area contributed by atoms with Crippen molar-refractivity contribution in [1.82, 2.24) is 4.68 Å². The SMILES string of the molecule is [C-]#[N+]c1c(C(F)(F)F)cc(-c2ccccc2)n(NC2=CC(C)(C)CC(C)(C)C2)c1=O. The molecular formula is C23H24F3N3O. The van der Waals surface area contributed by atoms with Crippen molar-refractivity contribution in [2.45, 2.75) is 46.7 Å². The molecule has 0 unspecified atom stereocenters. The minimum atomic E-state index is -4.81. The second-order valence-electron chi connectivity index (χ2n) is 9.20. The lowest BCUT2D eigenvalue weighted by Crippen LogP contribution is -2.36. The first-order valence-corrected chi connectivity index (χ1v) is 9.62. The largest absolute Gasteiger partial charge is 0.407 e. The Balaban J connectivity index is 2.25. The van der Waals surface area contributed by atoms with Crippen molar-refractivity contribution in [3.8, 4) is 11.3 Å². The molecule has 1 N–H and O–H groups in total. The lowest BCUT2D eigenvalue weighted by atomic mass is 9.68. The molecule has 1 aromatic heterocycles. The molecule has 0 saturated carbocycles. The summed E-state index contributed by atoms with van der Waals surface area (Å²) in [5.41, 5.74) is 0.907. The summed E-state index contributed by atoms with van der Waals surface area (Å²) >= 11 is 0. The summed E-state index contributed by atoms with van der Waals surface area (Å²) in [6, 6.07) is 9.25. The molecule has 7 heteroatoms. The molecule has 0 spiro atoms. The van der Waals surface area contributed by atoms with Gasteiger partial charge in [0.15, 0.2) is 0 Å². The third-order valence-electron chi connectivity index (χ3n) is 5.09. The van der Waals surface area contributed by atoms with Crippen molar-refractivity contribution in [2.75, 3.05) is 5.43 Å².